The highest BCUT2D eigenvalue weighted by Crippen LogP contribution is 2.25. The second-order valence-electron chi connectivity index (χ2n) is 4.11. The molecule has 0 aliphatic carbocycles. The summed E-state index contributed by atoms with van der Waals surface area (Å²) in [6.07, 6.45) is 0. The molecule has 0 bridgehead atoms. The van der Waals surface area contributed by atoms with Gasteiger partial charge in [0.2, 0.25) is 10.0 Å². The largest absolute Gasteiger partial charge is 0.491 e. The summed E-state index contributed by atoms with van der Waals surface area (Å²) in [5.74, 6) is 0.892. The Kier molecular flexibility index (Phi) is 4.36. The van der Waals surface area contributed by atoms with E-state index in [2.05, 4.69) is 4.72 Å². The van der Waals surface area contributed by atoms with Gasteiger partial charge in [0, 0.05) is 0 Å². The van der Waals surface area contributed by atoms with Crippen LogP contribution >= 0.6 is 0 Å². The van der Waals surface area contributed by atoms with Gasteiger partial charge in [0.05, 0.1) is 17.2 Å². The first-order chi connectivity index (χ1) is 7.86. The molecule has 0 spiro atoms. The number of hydrogen-bond acceptors (Lipinski definition) is 4. The minimum atomic E-state index is -3.45. The van der Waals surface area contributed by atoms with Crippen molar-refractivity contribution in [2.45, 2.75) is 18.7 Å². The lowest BCUT2D eigenvalue weighted by Gasteiger charge is -2.12. The number of benzene rings is 1. The number of sulfonamides is 1. The summed E-state index contributed by atoms with van der Waals surface area (Å²) in [4.78, 5) is 0.134. The smallest absolute Gasteiger partial charge is 0.240 e. The van der Waals surface area contributed by atoms with Crippen LogP contribution in [0.2, 0.25) is 0 Å². The van der Waals surface area contributed by atoms with Crippen molar-refractivity contribution in [3.8, 4) is 5.75 Å². The highest BCUT2D eigenvalue weighted by molar-refractivity contribution is 7.89. The first-order valence-electron chi connectivity index (χ1n) is 5.32. The van der Waals surface area contributed by atoms with Gasteiger partial charge in [-0.15, -0.1) is 0 Å². The van der Waals surface area contributed by atoms with E-state index in [1.807, 2.05) is 13.8 Å². The number of nitrogens with two attached hydrogens (primary N) is 1. The van der Waals surface area contributed by atoms with Gasteiger partial charge in [-0.2, -0.15) is 0 Å². The minimum Gasteiger partial charge on any atom is -0.491 e. The van der Waals surface area contributed by atoms with E-state index >= 15 is 0 Å². The van der Waals surface area contributed by atoms with E-state index in [-0.39, 0.29) is 4.90 Å². The predicted octanol–water partition coefficient (Wildman–Crippen LogP) is 1.21. The van der Waals surface area contributed by atoms with Gasteiger partial charge in [-0.3, -0.25) is 0 Å². The van der Waals surface area contributed by atoms with Gasteiger partial charge in [-0.25, -0.2) is 13.1 Å². The monoisotopic (exact) mass is 258 g/mol. The molecule has 1 aromatic rings. The molecule has 0 aliphatic heterocycles. The number of ether oxygens (including phenoxy) is 1. The van der Waals surface area contributed by atoms with Gasteiger partial charge in [0.25, 0.3) is 0 Å². The average Bonchev–Trinajstić information content (AvgIpc) is 2.27. The van der Waals surface area contributed by atoms with Crippen LogP contribution in [0, 0.1) is 5.92 Å². The molecular formula is C11H18N2O3S. The molecule has 0 aromatic heterocycles. The van der Waals surface area contributed by atoms with Crippen LogP contribution in [0.1, 0.15) is 13.8 Å². The number of nitrogen functional groups attached to an aromatic ring is 1. The van der Waals surface area contributed by atoms with Gasteiger partial charge in [0.15, 0.2) is 0 Å². The zero-order valence-electron chi connectivity index (χ0n) is 10.2. The summed E-state index contributed by atoms with van der Waals surface area (Å²) in [6.45, 7) is 4.59. The summed E-state index contributed by atoms with van der Waals surface area (Å²) >= 11 is 0. The Hall–Kier alpha value is -1.27. The third-order valence-corrected chi connectivity index (χ3v) is 3.54. The molecule has 5 nitrogen and oxygen atoms in total. The fraction of sp³-hybridized carbons (Fsp3) is 0.455. The molecule has 0 radical (unpaired) electrons. The van der Waals surface area contributed by atoms with E-state index in [9.17, 15) is 8.42 Å². The second-order valence-corrected chi connectivity index (χ2v) is 6.00. The normalized spacial score (nSPS) is 11.8. The summed E-state index contributed by atoms with van der Waals surface area (Å²) in [5.41, 5.74) is 6.06. The summed E-state index contributed by atoms with van der Waals surface area (Å²) in [5, 5.41) is 0. The van der Waals surface area contributed by atoms with E-state index in [1.165, 1.54) is 19.2 Å². The Bertz CT molecular complexity index is 483. The molecule has 0 saturated carbocycles. The maximum absolute atomic E-state index is 11.5. The number of anilines is 1. The average molecular weight is 258 g/mol. The molecule has 0 saturated heterocycles. The van der Waals surface area contributed by atoms with Crippen LogP contribution in [-0.2, 0) is 10.0 Å². The van der Waals surface area contributed by atoms with Crippen LogP contribution in [0.3, 0.4) is 0 Å². The molecule has 96 valence electrons. The van der Waals surface area contributed by atoms with E-state index in [0.717, 1.165) is 0 Å². The molecule has 0 heterocycles. The maximum atomic E-state index is 11.5. The number of rotatable bonds is 5. The van der Waals surface area contributed by atoms with E-state index < -0.39 is 10.0 Å². The molecule has 17 heavy (non-hydrogen) atoms. The lowest BCUT2D eigenvalue weighted by molar-refractivity contribution is 0.272. The third kappa shape index (κ3) is 3.61. The molecular weight excluding hydrogens is 240 g/mol. The Labute approximate surface area is 102 Å². The van der Waals surface area contributed by atoms with Gasteiger partial charge in [0.1, 0.15) is 5.75 Å². The first kappa shape index (κ1) is 13.8. The van der Waals surface area contributed by atoms with Crippen molar-refractivity contribution in [3.63, 3.8) is 0 Å². The fourth-order valence-electron chi connectivity index (χ4n) is 1.20. The standard InChI is InChI=1S/C11H18N2O3S/c1-8(2)7-16-11-5-4-9(6-10(11)12)17(14,15)13-3/h4-6,8,13H,7,12H2,1-3H3. The molecule has 1 aromatic carbocycles. The predicted molar refractivity (Wildman–Crippen MR) is 67.4 cm³/mol. The Morgan fingerprint density at radius 1 is 1.41 bits per heavy atom. The van der Waals surface area contributed by atoms with Crippen molar-refractivity contribution in [2.24, 2.45) is 5.92 Å². The van der Waals surface area contributed by atoms with Gasteiger partial charge in [-0.1, -0.05) is 13.8 Å². The van der Waals surface area contributed by atoms with E-state index in [0.29, 0.717) is 24.0 Å². The van der Waals surface area contributed by atoms with Crippen LogP contribution in [0.4, 0.5) is 5.69 Å². The molecule has 0 unspecified atom stereocenters. The zero-order chi connectivity index (χ0) is 13.1. The molecule has 0 atom stereocenters. The fourth-order valence-corrected chi connectivity index (χ4v) is 1.96. The van der Waals surface area contributed by atoms with E-state index in [1.54, 1.807) is 6.07 Å². The van der Waals surface area contributed by atoms with Crippen LogP contribution in [0.25, 0.3) is 0 Å². The van der Waals surface area contributed by atoms with Crippen LogP contribution in [0.15, 0.2) is 23.1 Å². The summed E-state index contributed by atoms with van der Waals surface area (Å²) in [7, 11) is -2.10. The van der Waals surface area contributed by atoms with Crippen molar-refractivity contribution in [1.29, 1.82) is 0 Å². The Balaban J connectivity index is 2.94. The van der Waals surface area contributed by atoms with Crippen molar-refractivity contribution < 1.29 is 13.2 Å². The van der Waals surface area contributed by atoms with Crippen molar-refractivity contribution in [3.05, 3.63) is 18.2 Å². The van der Waals surface area contributed by atoms with E-state index in [4.69, 9.17) is 10.5 Å². The van der Waals surface area contributed by atoms with Crippen LogP contribution < -0.4 is 15.2 Å². The molecule has 0 aliphatic rings. The lowest BCUT2D eigenvalue weighted by Crippen LogP contribution is -2.18. The zero-order valence-corrected chi connectivity index (χ0v) is 11.0. The number of nitrogens with one attached hydrogen (secondary N) is 1. The molecule has 6 heteroatoms. The van der Waals surface area contributed by atoms with Gasteiger partial charge in [-0.05, 0) is 31.2 Å². The summed E-state index contributed by atoms with van der Waals surface area (Å²) in [6, 6.07) is 4.43. The van der Waals surface area contributed by atoms with Crippen molar-refractivity contribution in [2.75, 3.05) is 19.4 Å². The van der Waals surface area contributed by atoms with Crippen LogP contribution in [0.5, 0.6) is 5.75 Å². The molecule has 1 rings (SSSR count). The van der Waals surface area contributed by atoms with Crippen molar-refractivity contribution in [1.82, 2.24) is 4.72 Å². The Morgan fingerprint density at radius 2 is 2.06 bits per heavy atom. The molecule has 3 N–H and O–H groups in total. The Morgan fingerprint density at radius 3 is 2.53 bits per heavy atom. The van der Waals surface area contributed by atoms with Gasteiger partial charge >= 0.3 is 0 Å². The molecule has 0 amide bonds. The molecule has 0 fully saturated rings. The second kappa shape index (κ2) is 5.37. The maximum Gasteiger partial charge on any atom is 0.240 e. The minimum absolute atomic E-state index is 0.134. The van der Waals surface area contributed by atoms with Crippen molar-refractivity contribution >= 4 is 15.7 Å². The quantitative estimate of drug-likeness (QED) is 0.778. The highest BCUT2D eigenvalue weighted by atomic mass is 32.2. The topological polar surface area (TPSA) is 81.4 Å². The van der Waals surface area contributed by atoms with Gasteiger partial charge < -0.3 is 10.5 Å². The van der Waals surface area contributed by atoms with Crippen LogP contribution in [-0.4, -0.2) is 22.1 Å². The first-order valence-corrected chi connectivity index (χ1v) is 6.81. The third-order valence-electron chi connectivity index (χ3n) is 2.13. The lowest BCUT2D eigenvalue weighted by atomic mass is 10.2. The SMILES string of the molecule is CNS(=O)(=O)c1ccc(OCC(C)C)c(N)c1. The summed E-state index contributed by atoms with van der Waals surface area (Å²) < 4.78 is 30.7. The highest BCUT2D eigenvalue weighted by Gasteiger charge is 2.13. The number of hydrogen-bond donors (Lipinski definition) is 2.